The van der Waals surface area contributed by atoms with Gasteiger partial charge in [-0.05, 0) is 21.0 Å². The molecule has 0 saturated carbocycles. The van der Waals surface area contributed by atoms with Crippen molar-refractivity contribution in [2.24, 2.45) is 0 Å². The molecule has 0 bridgehead atoms. The molecule has 8 heteroatoms. The molecule has 128 valence electrons. The molecule has 0 aromatic carbocycles. The van der Waals surface area contributed by atoms with E-state index in [0.29, 0.717) is 25.3 Å². The summed E-state index contributed by atoms with van der Waals surface area (Å²) in [6.45, 7) is 3.00. The average Bonchev–Trinajstić information content (AvgIpc) is 2.90. The molecule has 1 aromatic rings. The van der Waals surface area contributed by atoms with E-state index in [9.17, 15) is 13.6 Å². The molecule has 1 atom stereocenters. The van der Waals surface area contributed by atoms with Gasteiger partial charge in [-0.1, -0.05) is 0 Å². The van der Waals surface area contributed by atoms with E-state index in [1.54, 1.807) is 11.8 Å². The Morgan fingerprint density at radius 1 is 1.48 bits per heavy atom. The summed E-state index contributed by atoms with van der Waals surface area (Å²) >= 11 is 0. The van der Waals surface area contributed by atoms with Crippen LogP contribution < -0.4 is 0 Å². The number of nitrogens with zero attached hydrogens (tertiary/aromatic N) is 4. The van der Waals surface area contributed by atoms with Crippen LogP contribution in [-0.2, 0) is 0 Å². The molecule has 1 amide bonds. The molecule has 0 aliphatic carbocycles. The minimum absolute atomic E-state index is 0.0134. The maximum atomic E-state index is 13.8. The van der Waals surface area contributed by atoms with E-state index in [4.69, 9.17) is 4.42 Å². The zero-order valence-electron chi connectivity index (χ0n) is 13.6. The van der Waals surface area contributed by atoms with Gasteiger partial charge < -0.3 is 14.2 Å². The number of aryl methyl sites for hydroxylation is 1. The molecule has 2 aliphatic rings. The van der Waals surface area contributed by atoms with E-state index >= 15 is 0 Å². The topological polar surface area (TPSA) is 52.8 Å². The number of aromatic nitrogens is 1. The number of halogens is 2. The molecule has 1 aromatic heterocycles. The highest BCUT2D eigenvalue weighted by molar-refractivity contribution is 5.93. The number of oxazole rings is 1. The Kier molecular flexibility index (Phi) is 4.14. The number of likely N-dealkylation sites (N-methyl/N-ethyl adjacent to an activating group) is 1. The predicted octanol–water partition coefficient (Wildman–Crippen LogP) is 1.08. The number of carbonyl (C=O) groups excluding carboxylic acids is 1. The minimum Gasteiger partial charge on any atom is -0.438 e. The fraction of sp³-hybridized carbons (Fsp3) is 0.733. The number of hydrogen-bond acceptors (Lipinski definition) is 5. The van der Waals surface area contributed by atoms with Crippen molar-refractivity contribution >= 4 is 5.91 Å². The monoisotopic (exact) mass is 328 g/mol. The highest BCUT2D eigenvalue weighted by Crippen LogP contribution is 2.35. The molecule has 0 radical (unpaired) electrons. The Morgan fingerprint density at radius 3 is 2.74 bits per heavy atom. The molecule has 23 heavy (non-hydrogen) atoms. The van der Waals surface area contributed by atoms with Gasteiger partial charge in [0.1, 0.15) is 0 Å². The SMILES string of the molecule is Cc1ncoc1C(=O)N1CC(N2CC(F)(F)C[C@H]2CN(C)C)C1. The van der Waals surface area contributed by atoms with E-state index < -0.39 is 5.92 Å². The summed E-state index contributed by atoms with van der Waals surface area (Å²) < 4.78 is 32.7. The van der Waals surface area contributed by atoms with Crippen LogP contribution in [0.25, 0.3) is 0 Å². The molecular formula is C15H22F2N4O2. The van der Waals surface area contributed by atoms with E-state index in [0.717, 1.165) is 0 Å². The number of rotatable bonds is 4. The fourth-order valence-corrected chi connectivity index (χ4v) is 3.42. The summed E-state index contributed by atoms with van der Waals surface area (Å²) in [4.78, 5) is 21.6. The predicted molar refractivity (Wildman–Crippen MR) is 79.5 cm³/mol. The highest BCUT2D eigenvalue weighted by Gasteiger charge is 2.50. The quantitative estimate of drug-likeness (QED) is 0.828. The maximum Gasteiger partial charge on any atom is 0.291 e. The van der Waals surface area contributed by atoms with E-state index in [1.165, 1.54) is 6.39 Å². The molecule has 2 fully saturated rings. The van der Waals surface area contributed by atoms with Crippen LogP contribution in [0, 0.1) is 6.92 Å². The standard InChI is InChI=1S/C15H22F2N4O2/c1-10-13(23-9-18-10)14(22)20-6-12(7-20)21-8-15(16,17)4-11(21)5-19(2)3/h9,11-12H,4-8H2,1-3H3/t11-/m0/s1. The first-order valence-electron chi connectivity index (χ1n) is 7.74. The molecule has 2 aliphatic heterocycles. The van der Waals surface area contributed by atoms with Crippen LogP contribution in [0.5, 0.6) is 0 Å². The van der Waals surface area contributed by atoms with Crippen molar-refractivity contribution in [1.29, 1.82) is 0 Å². The van der Waals surface area contributed by atoms with Crippen molar-refractivity contribution in [3.63, 3.8) is 0 Å². The smallest absolute Gasteiger partial charge is 0.291 e. The zero-order chi connectivity index (χ0) is 16.8. The summed E-state index contributed by atoms with van der Waals surface area (Å²) in [7, 11) is 3.77. The summed E-state index contributed by atoms with van der Waals surface area (Å²) in [6.07, 6.45) is 1.13. The first-order valence-corrected chi connectivity index (χ1v) is 7.74. The van der Waals surface area contributed by atoms with Gasteiger partial charge >= 0.3 is 0 Å². The van der Waals surface area contributed by atoms with E-state index in [2.05, 4.69) is 4.98 Å². The van der Waals surface area contributed by atoms with Crippen LogP contribution in [0.2, 0.25) is 0 Å². The Hall–Kier alpha value is -1.54. The van der Waals surface area contributed by atoms with E-state index in [-0.39, 0.29) is 36.7 Å². The lowest BCUT2D eigenvalue weighted by atomic mass is 10.0. The van der Waals surface area contributed by atoms with Gasteiger partial charge in [0.15, 0.2) is 6.39 Å². The van der Waals surface area contributed by atoms with Gasteiger partial charge in [-0.3, -0.25) is 9.69 Å². The van der Waals surface area contributed by atoms with Gasteiger partial charge in [0.25, 0.3) is 11.8 Å². The Balaban J connectivity index is 1.61. The maximum absolute atomic E-state index is 13.8. The van der Waals surface area contributed by atoms with Crippen LogP contribution in [-0.4, -0.2) is 83.9 Å². The molecule has 2 saturated heterocycles. The van der Waals surface area contributed by atoms with Crippen molar-refractivity contribution in [3.05, 3.63) is 17.8 Å². The third-order valence-electron chi connectivity index (χ3n) is 4.55. The van der Waals surface area contributed by atoms with Crippen molar-refractivity contribution < 1.29 is 18.0 Å². The summed E-state index contributed by atoms with van der Waals surface area (Å²) in [6, 6.07) is -0.185. The summed E-state index contributed by atoms with van der Waals surface area (Å²) in [5, 5.41) is 0. The highest BCUT2D eigenvalue weighted by atomic mass is 19.3. The average molecular weight is 328 g/mol. The molecule has 3 heterocycles. The van der Waals surface area contributed by atoms with Crippen molar-refractivity contribution in [2.45, 2.75) is 31.4 Å². The fourth-order valence-electron chi connectivity index (χ4n) is 3.42. The van der Waals surface area contributed by atoms with Crippen LogP contribution in [0.3, 0.4) is 0 Å². The molecule has 0 N–H and O–H groups in total. The third kappa shape index (κ3) is 3.23. The summed E-state index contributed by atoms with van der Waals surface area (Å²) in [5.41, 5.74) is 0.552. The molecule has 0 spiro atoms. The second-order valence-corrected chi connectivity index (χ2v) is 6.78. The van der Waals surface area contributed by atoms with Crippen molar-refractivity contribution in [1.82, 2.24) is 19.7 Å². The number of hydrogen-bond donors (Lipinski definition) is 0. The van der Waals surface area contributed by atoms with Gasteiger partial charge in [0, 0.05) is 38.1 Å². The van der Waals surface area contributed by atoms with Gasteiger partial charge in [0.05, 0.1) is 12.2 Å². The zero-order valence-corrected chi connectivity index (χ0v) is 13.6. The van der Waals surface area contributed by atoms with Crippen molar-refractivity contribution in [3.8, 4) is 0 Å². The number of amides is 1. The van der Waals surface area contributed by atoms with E-state index in [1.807, 2.05) is 23.9 Å². The number of alkyl halides is 2. The lowest BCUT2D eigenvalue weighted by Crippen LogP contribution is -2.63. The first kappa shape index (κ1) is 16.3. The Labute approximate surface area is 134 Å². The summed E-state index contributed by atoms with van der Waals surface area (Å²) in [5.74, 6) is -2.63. The first-order chi connectivity index (χ1) is 10.8. The van der Waals surface area contributed by atoms with Crippen LogP contribution in [0.4, 0.5) is 8.78 Å². The second-order valence-electron chi connectivity index (χ2n) is 6.78. The van der Waals surface area contributed by atoms with Gasteiger partial charge in [-0.15, -0.1) is 0 Å². The van der Waals surface area contributed by atoms with Crippen LogP contribution in [0.15, 0.2) is 10.8 Å². The van der Waals surface area contributed by atoms with Gasteiger partial charge in [-0.25, -0.2) is 13.8 Å². The number of likely N-dealkylation sites (tertiary alicyclic amines) is 2. The largest absolute Gasteiger partial charge is 0.438 e. The molecule has 3 rings (SSSR count). The lowest BCUT2D eigenvalue weighted by molar-refractivity contribution is -0.0122. The molecular weight excluding hydrogens is 306 g/mol. The Bertz CT molecular complexity index is 584. The molecule has 0 unspecified atom stereocenters. The van der Waals surface area contributed by atoms with Gasteiger partial charge in [-0.2, -0.15) is 0 Å². The normalized spacial score (nSPS) is 25.1. The van der Waals surface area contributed by atoms with Crippen LogP contribution in [0.1, 0.15) is 22.7 Å². The third-order valence-corrected chi connectivity index (χ3v) is 4.55. The Morgan fingerprint density at radius 2 is 2.17 bits per heavy atom. The second kappa shape index (κ2) is 5.83. The van der Waals surface area contributed by atoms with Gasteiger partial charge in [0.2, 0.25) is 5.76 Å². The minimum atomic E-state index is -2.65. The van der Waals surface area contributed by atoms with Crippen LogP contribution >= 0.6 is 0 Å². The van der Waals surface area contributed by atoms with Crippen molar-refractivity contribution in [2.75, 3.05) is 40.3 Å². The lowest BCUT2D eigenvalue weighted by Gasteiger charge is -2.45. The number of carbonyl (C=O) groups is 1. The molecule has 6 nitrogen and oxygen atoms in total.